The van der Waals surface area contributed by atoms with E-state index in [9.17, 15) is 9.90 Å². The average molecular weight is 201 g/mol. The van der Waals surface area contributed by atoms with Gasteiger partial charge in [-0.3, -0.25) is 4.79 Å². The molecule has 0 aliphatic heterocycles. The largest absolute Gasteiger partial charge is 0.508 e. The van der Waals surface area contributed by atoms with E-state index in [1.807, 2.05) is 24.3 Å². The van der Waals surface area contributed by atoms with Crippen LogP contribution in [0.5, 0.6) is 5.75 Å². The smallest absolute Gasteiger partial charge is 0.221 e. The summed E-state index contributed by atoms with van der Waals surface area (Å²) in [4.78, 5) is 10.9. The van der Waals surface area contributed by atoms with Crippen LogP contribution in [0.1, 0.15) is 6.92 Å². The number of fused-ring (bicyclic) bond motifs is 1. The van der Waals surface area contributed by atoms with Gasteiger partial charge in [0, 0.05) is 12.6 Å². The van der Waals surface area contributed by atoms with Gasteiger partial charge in [0.1, 0.15) is 5.75 Å². The highest BCUT2D eigenvalue weighted by Crippen LogP contribution is 2.22. The number of phenolic OH excluding ortho intramolecular Hbond substituents is 1. The minimum atomic E-state index is -0.0897. The van der Waals surface area contributed by atoms with Gasteiger partial charge in [-0.2, -0.15) is 0 Å². The molecule has 0 saturated carbocycles. The van der Waals surface area contributed by atoms with Crippen molar-refractivity contribution in [3.8, 4) is 5.75 Å². The zero-order valence-corrected chi connectivity index (χ0v) is 8.32. The van der Waals surface area contributed by atoms with Crippen LogP contribution >= 0.6 is 0 Å². The Balaban J connectivity index is 2.47. The molecule has 0 bridgehead atoms. The molecule has 2 N–H and O–H groups in total. The van der Waals surface area contributed by atoms with Crippen molar-refractivity contribution in [3.63, 3.8) is 0 Å². The molecule has 0 saturated heterocycles. The molecule has 15 heavy (non-hydrogen) atoms. The highest BCUT2D eigenvalue weighted by atomic mass is 16.3. The van der Waals surface area contributed by atoms with Crippen LogP contribution in [0, 0.1) is 0 Å². The van der Waals surface area contributed by atoms with Crippen molar-refractivity contribution in [3.05, 3.63) is 36.4 Å². The molecule has 2 rings (SSSR count). The van der Waals surface area contributed by atoms with Gasteiger partial charge in [-0.25, -0.2) is 0 Å². The van der Waals surface area contributed by atoms with E-state index in [1.165, 1.54) is 6.92 Å². The zero-order valence-electron chi connectivity index (χ0n) is 8.32. The van der Waals surface area contributed by atoms with E-state index in [2.05, 4.69) is 5.32 Å². The quantitative estimate of drug-likeness (QED) is 0.744. The van der Waals surface area contributed by atoms with Gasteiger partial charge in [0.25, 0.3) is 0 Å². The van der Waals surface area contributed by atoms with Gasteiger partial charge >= 0.3 is 0 Å². The van der Waals surface area contributed by atoms with Crippen LogP contribution in [0.15, 0.2) is 36.4 Å². The fraction of sp³-hybridized carbons (Fsp3) is 0.0833. The molecular weight excluding hydrogens is 190 g/mol. The lowest BCUT2D eigenvalue weighted by Gasteiger charge is -2.04. The topological polar surface area (TPSA) is 49.3 Å². The molecule has 3 nitrogen and oxygen atoms in total. The summed E-state index contributed by atoms with van der Waals surface area (Å²) in [5.74, 6) is 0.155. The standard InChI is InChI=1S/C12H11NO2/c1-8(14)13-11-4-2-10-7-12(15)5-3-9(10)6-11/h2-7,15H,1H3,(H,13,14). The number of aromatic hydroxyl groups is 1. The minimum Gasteiger partial charge on any atom is -0.508 e. The SMILES string of the molecule is CC(=O)Nc1ccc2cc(O)ccc2c1. The van der Waals surface area contributed by atoms with Crippen LogP contribution < -0.4 is 5.32 Å². The predicted molar refractivity (Wildman–Crippen MR) is 59.9 cm³/mol. The number of phenols is 1. The number of rotatable bonds is 1. The van der Waals surface area contributed by atoms with Gasteiger partial charge in [0.15, 0.2) is 0 Å². The number of hydrogen-bond acceptors (Lipinski definition) is 2. The molecule has 0 aliphatic carbocycles. The highest BCUT2D eigenvalue weighted by Gasteiger charge is 1.98. The molecule has 0 fully saturated rings. The summed E-state index contributed by atoms with van der Waals surface area (Å²) in [5, 5.41) is 13.9. The van der Waals surface area contributed by atoms with Crippen LogP contribution in [0.3, 0.4) is 0 Å². The number of anilines is 1. The molecule has 0 aliphatic rings. The fourth-order valence-electron chi connectivity index (χ4n) is 1.51. The van der Waals surface area contributed by atoms with E-state index in [-0.39, 0.29) is 11.7 Å². The number of hydrogen-bond donors (Lipinski definition) is 2. The molecule has 0 spiro atoms. The maximum Gasteiger partial charge on any atom is 0.221 e. The number of carbonyl (C=O) groups excluding carboxylic acids is 1. The van der Waals surface area contributed by atoms with Gasteiger partial charge in [-0.15, -0.1) is 0 Å². The van der Waals surface area contributed by atoms with Crippen LogP contribution in [-0.2, 0) is 4.79 Å². The number of amides is 1. The number of nitrogens with one attached hydrogen (secondary N) is 1. The molecule has 1 amide bonds. The third kappa shape index (κ3) is 2.07. The third-order valence-electron chi connectivity index (χ3n) is 2.14. The van der Waals surface area contributed by atoms with Gasteiger partial charge < -0.3 is 10.4 Å². The molecule has 0 unspecified atom stereocenters. The minimum absolute atomic E-state index is 0.0897. The van der Waals surface area contributed by atoms with Crippen LogP contribution in [0.2, 0.25) is 0 Å². The first kappa shape index (κ1) is 9.52. The van der Waals surface area contributed by atoms with Crippen LogP contribution in [0.4, 0.5) is 5.69 Å². The van der Waals surface area contributed by atoms with E-state index < -0.39 is 0 Å². The van der Waals surface area contributed by atoms with E-state index in [0.717, 1.165) is 16.5 Å². The molecule has 0 aromatic heterocycles. The fourth-order valence-corrected chi connectivity index (χ4v) is 1.51. The normalized spacial score (nSPS) is 10.2. The van der Waals surface area contributed by atoms with Gasteiger partial charge in [-0.05, 0) is 35.0 Å². The Hall–Kier alpha value is -2.03. The zero-order chi connectivity index (χ0) is 10.8. The second-order valence-electron chi connectivity index (χ2n) is 3.43. The molecule has 0 radical (unpaired) electrons. The van der Waals surface area contributed by atoms with Gasteiger partial charge in [-0.1, -0.05) is 12.1 Å². The summed E-state index contributed by atoms with van der Waals surface area (Å²) in [6.45, 7) is 1.47. The molecule has 3 heteroatoms. The lowest BCUT2D eigenvalue weighted by atomic mass is 10.1. The summed E-state index contributed by atoms with van der Waals surface area (Å²) >= 11 is 0. The Morgan fingerprint density at radius 2 is 1.80 bits per heavy atom. The Morgan fingerprint density at radius 3 is 2.53 bits per heavy atom. The molecule has 0 atom stereocenters. The van der Waals surface area contributed by atoms with Crippen molar-refractivity contribution in [2.24, 2.45) is 0 Å². The second-order valence-corrected chi connectivity index (χ2v) is 3.43. The monoisotopic (exact) mass is 201 g/mol. The van der Waals surface area contributed by atoms with Crippen molar-refractivity contribution in [2.75, 3.05) is 5.32 Å². The summed E-state index contributed by atoms with van der Waals surface area (Å²) in [7, 11) is 0. The van der Waals surface area contributed by atoms with E-state index in [1.54, 1.807) is 12.1 Å². The van der Waals surface area contributed by atoms with E-state index >= 15 is 0 Å². The maximum absolute atomic E-state index is 10.9. The van der Waals surface area contributed by atoms with Crippen molar-refractivity contribution >= 4 is 22.4 Å². The summed E-state index contributed by atoms with van der Waals surface area (Å²) in [6.07, 6.45) is 0. The first-order valence-electron chi connectivity index (χ1n) is 4.65. The van der Waals surface area contributed by atoms with E-state index in [0.29, 0.717) is 0 Å². The third-order valence-corrected chi connectivity index (χ3v) is 2.14. The van der Waals surface area contributed by atoms with Gasteiger partial charge in [0.2, 0.25) is 5.91 Å². The molecule has 2 aromatic carbocycles. The first-order valence-corrected chi connectivity index (χ1v) is 4.65. The molecule has 2 aromatic rings. The average Bonchev–Trinajstić information content (AvgIpc) is 2.17. The second kappa shape index (κ2) is 3.61. The van der Waals surface area contributed by atoms with E-state index in [4.69, 9.17) is 0 Å². The van der Waals surface area contributed by atoms with Crippen LogP contribution in [0.25, 0.3) is 10.8 Å². The van der Waals surface area contributed by atoms with Crippen molar-refractivity contribution in [1.29, 1.82) is 0 Å². The summed E-state index contributed by atoms with van der Waals surface area (Å²) < 4.78 is 0. The predicted octanol–water partition coefficient (Wildman–Crippen LogP) is 2.50. The lowest BCUT2D eigenvalue weighted by molar-refractivity contribution is -0.114. The van der Waals surface area contributed by atoms with Crippen molar-refractivity contribution < 1.29 is 9.90 Å². The van der Waals surface area contributed by atoms with Crippen molar-refractivity contribution in [1.82, 2.24) is 0 Å². The Kier molecular flexibility index (Phi) is 2.29. The Morgan fingerprint density at radius 1 is 1.13 bits per heavy atom. The Labute approximate surface area is 87.3 Å². The molecule has 76 valence electrons. The first-order chi connectivity index (χ1) is 7.15. The van der Waals surface area contributed by atoms with Crippen LogP contribution in [-0.4, -0.2) is 11.0 Å². The summed E-state index contributed by atoms with van der Waals surface area (Å²) in [6, 6.07) is 10.7. The maximum atomic E-state index is 10.9. The van der Waals surface area contributed by atoms with Gasteiger partial charge in [0.05, 0.1) is 0 Å². The lowest BCUT2D eigenvalue weighted by Crippen LogP contribution is -2.05. The highest BCUT2D eigenvalue weighted by molar-refractivity contribution is 5.93. The number of benzene rings is 2. The summed E-state index contributed by atoms with van der Waals surface area (Å²) in [5.41, 5.74) is 0.765. The molecule has 0 heterocycles. The van der Waals surface area contributed by atoms with Crippen molar-refractivity contribution in [2.45, 2.75) is 6.92 Å². The number of carbonyl (C=O) groups is 1. The molecular formula is C12H11NO2. The Bertz CT molecular complexity index is 520.